The molecule has 2 rings (SSSR count). The number of hydrogen-bond donors (Lipinski definition) is 1. The Bertz CT molecular complexity index is 365. The first kappa shape index (κ1) is 14.5. The lowest BCUT2D eigenvalue weighted by Crippen LogP contribution is -2.35. The average molecular weight is 261 g/mol. The fourth-order valence-electron chi connectivity index (χ4n) is 2.79. The van der Waals surface area contributed by atoms with Gasteiger partial charge in [-0.25, -0.2) is 0 Å². The second-order valence-electron chi connectivity index (χ2n) is 5.99. The molecule has 1 fully saturated rings. The lowest BCUT2D eigenvalue weighted by Gasteiger charge is -2.31. The van der Waals surface area contributed by atoms with E-state index in [0.29, 0.717) is 0 Å². The molecule has 1 aliphatic heterocycles. The van der Waals surface area contributed by atoms with Crippen LogP contribution in [0.15, 0.2) is 24.3 Å². The molecule has 1 unspecified atom stereocenters. The van der Waals surface area contributed by atoms with E-state index in [1.165, 1.54) is 24.8 Å². The van der Waals surface area contributed by atoms with Crippen molar-refractivity contribution in [3.8, 4) is 0 Å². The van der Waals surface area contributed by atoms with Gasteiger partial charge in [-0.15, -0.1) is 0 Å². The number of β-amino-alcohol motifs (C(OH)–C–C–N with tert-alkyl or cyclic N) is 1. The minimum Gasteiger partial charge on any atom is -0.387 e. The summed E-state index contributed by atoms with van der Waals surface area (Å²) in [6, 6.07) is 8.48. The standard InChI is InChI=1S/C17H27NO/c1-3-4-15-5-7-16(8-6-15)17(19)13-18-11-9-14(2)10-12-18/h5-8,14,17,19H,3-4,9-13H2,1-2H3. The van der Waals surface area contributed by atoms with Crippen LogP contribution in [0.25, 0.3) is 0 Å². The first-order valence-corrected chi connectivity index (χ1v) is 7.68. The molecule has 1 aliphatic rings. The molecule has 2 nitrogen and oxygen atoms in total. The summed E-state index contributed by atoms with van der Waals surface area (Å²) < 4.78 is 0. The molecule has 19 heavy (non-hydrogen) atoms. The molecule has 2 heteroatoms. The quantitative estimate of drug-likeness (QED) is 0.878. The summed E-state index contributed by atoms with van der Waals surface area (Å²) in [5.41, 5.74) is 2.42. The second kappa shape index (κ2) is 7.06. The van der Waals surface area contributed by atoms with Gasteiger partial charge in [0.05, 0.1) is 6.10 Å². The lowest BCUT2D eigenvalue weighted by molar-refractivity contribution is 0.0916. The molecule has 0 aromatic heterocycles. The Morgan fingerprint density at radius 2 is 1.84 bits per heavy atom. The maximum atomic E-state index is 10.3. The van der Waals surface area contributed by atoms with E-state index < -0.39 is 0 Å². The smallest absolute Gasteiger partial charge is 0.0916 e. The molecule has 1 aromatic rings. The molecule has 1 N–H and O–H groups in total. The number of piperidine rings is 1. The van der Waals surface area contributed by atoms with Crippen molar-refractivity contribution in [1.82, 2.24) is 4.90 Å². The first-order valence-electron chi connectivity index (χ1n) is 7.68. The van der Waals surface area contributed by atoms with E-state index in [4.69, 9.17) is 0 Å². The van der Waals surface area contributed by atoms with E-state index in [-0.39, 0.29) is 6.10 Å². The summed E-state index contributed by atoms with van der Waals surface area (Å²) in [4.78, 5) is 2.39. The van der Waals surface area contributed by atoms with Gasteiger partial charge in [0, 0.05) is 6.54 Å². The van der Waals surface area contributed by atoms with Crippen LogP contribution in [0.5, 0.6) is 0 Å². The SMILES string of the molecule is CCCc1ccc(C(O)CN2CCC(C)CC2)cc1. The van der Waals surface area contributed by atoms with Gasteiger partial charge in [0.2, 0.25) is 0 Å². The number of aryl methyl sites for hydroxylation is 1. The molecular weight excluding hydrogens is 234 g/mol. The van der Waals surface area contributed by atoms with Crippen molar-refractivity contribution in [1.29, 1.82) is 0 Å². The number of benzene rings is 1. The second-order valence-corrected chi connectivity index (χ2v) is 5.99. The number of rotatable bonds is 5. The molecule has 106 valence electrons. The van der Waals surface area contributed by atoms with Crippen molar-refractivity contribution in [2.45, 2.75) is 45.6 Å². The van der Waals surface area contributed by atoms with Crippen LogP contribution >= 0.6 is 0 Å². The summed E-state index contributed by atoms with van der Waals surface area (Å²) in [6.07, 6.45) is 4.49. The number of aliphatic hydroxyl groups excluding tert-OH is 1. The zero-order valence-electron chi connectivity index (χ0n) is 12.3. The van der Waals surface area contributed by atoms with E-state index in [2.05, 4.69) is 43.0 Å². The Morgan fingerprint density at radius 1 is 1.21 bits per heavy atom. The average Bonchev–Trinajstić information content (AvgIpc) is 2.42. The molecule has 1 saturated heterocycles. The van der Waals surface area contributed by atoms with Gasteiger partial charge >= 0.3 is 0 Å². The minimum absolute atomic E-state index is 0.343. The zero-order chi connectivity index (χ0) is 13.7. The molecular formula is C17H27NO. The van der Waals surface area contributed by atoms with Crippen molar-refractivity contribution in [2.75, 3.05) is 19.6 Å². The fraction of sp³-hybridized carbons (Fsp3) is 0.647. The van der Waals surface area contributed by atoms with E-state index in [0.717, 1.165) is 37.5 Å². The van der Waals surface area contributed by atoms with Crippen molar-refractivity contribution in [2.24, 2.45) is 5.92 Å². The normalized spacial score (nSPS) is 19.5. The van der Waals surface area contributed by atoms with Crippen LogP contribution < -0.4 is 0 Å². The number of nitrogens with zero attached hydrogens (tertiary/aromatic N) is 1. The van der Waals surface area contributed by atoms with Crippen LogP contribution in [0.2, 0.25) is 0 Å². The van der Waals surface area contributed by atoms with Crippen molar-refractivity contribution in [3.05, 3.63) is 35.4 Å². The highest BCUT2D eigenvalue weighted by atomic mass is 16.3. The van der Waals surface area contributed by atoms with Gasteiger partial charge in [0.15, 0.2) is 0 Å². The zero-order valence-corrected chi connectivity index (χ0v) is 12.3. The van der Waals surface area contributed by atoms with Gasteiger partial charge in [0.1, 0.15) is 0 Å². The van der Waals surface area contributed by atoms with Gasteiger partial charge in [0.25, 0.3) is 0 Å². The van der Waals surface area contributed by atoms with Crippen molar-refractivity contribution >= 4 is 0 Å². The Labute approximate surface area is 117 Å². The molecule has 1 heterocycles. The van der Waals surface area contributed by atoms with Crippen LogP contribution in [0, 0.1) is 5.92 Å². The van der Waals surface area contributed by atoms with E-state index in [9.17, 15) is 5.11 Å². The predicted octanol–water partition coefficient (Wildman–Crippen LogP) is 3.40. The Hall–Kier alpha value is -0.860. The Balaban J connectivity index is 1.86. The minimum atomic E-state index is -0.343. The molecule has 0 bridgehead atoms. The topological polar surface area (TPSA) is 23.5 Å². The molecule has 1 aromatic carbocycles. The van der Waals surface area contributed by atoms with Crippen LogP contribution in [-0.2, 0) is 6.42 Å². The summed E-state index contributed by atoms with van der Waals surface area (Å²) >= 11 is 0. The highest BCUT2D eigenvalue weighted by Gasteiger charge is 2.18. The van der Waals surface area contributed by atoms with Gasteiger partial charge in [-0.2, -0.15) is 0 Å². The van der Waals surface area contributed by atoms with Gasteiger partial charge < -0.3 is 10.0 Å². The third-order valence-corrected chi connectivity index (χ3v) is 4.21. The fourth-order valence-corrected chi connectivity index (χ4v) is 2.79. The number of aliphatic hydroxyl groups is 1. The van der Waals surface area contributed by atoms with E-state index in [1.807, 2.05) is 0 Å². The maximum Gasteiger partial charge on any atom is 0.0916 e. The molecule has 0 saturated carbocycles. The molecule has 0 amide bonds. The maximum absolute atomic E-state index is 10.3. The third kappa shape index (κ3) is 4.32. The van der Waals surface area contributed by atoms with E-state index in [1.54, 1.807) is 0 Å². The van der Waals surface area contributed by atoms with Crippen LogP contribution in [0.4, 0.5) is 0 Å². The van der Waals surface area contributed by atoms with Crippen molar-refractivity contribution in [3.63, 3.8) is 0 Å². The predicted molar refractivity (Wildman–Crippen MR) is 80.2 cm³/mol. The highest BCUT2D eigenvalue weighted by molar-refractivity contribution is 5.24. The number of likely N-dealkylation sites (tertiary alicyclic amines) is 1. The van der Waals surface area contributed by atoms with Crippen LogP contribution in [0.3, 0.4) is 0 Å². The first-order chi connectivity index (χ1) is 9.19. The van der Waals surface area contributed by atoms with E-state index >= 15 is 0 Å². The Morgan fingerprint density at radius 3 is 2.42 bits per heavy atom. The Kier molecular flexibility index (Phi) is 5.41. The largest absolute Gasteiger partial charge is 0.387 e. The molecule has 0 aliphatic carbocycles. The summed E-state index contributed by atoms with van der Waals surface area (Å²) in [5, 5.41) is 10.3. The van der Waals surface area contributed by atoms with Gasteiger partial charge in [-0.3, -0.25) is 0 Å². The number of hydrogen-bond acceptors (Lipinski definition) is 2. The molecule has 0 radical (unpaired) electrons. The summed E-state index contributed by atoms with van der Waals surface area (Å²) in [7, 11) is 0. The van der Waals surface area contributed by atoms with Gasteiger partial charge in [-0.1, -0.05) is 44.5 Å². The third-order valence-electron chi connectivity index (χ3n) is 4.21. The summed E-state index contributed by atoms with van der Waals surface area (Å²) in [5.74, 6) is 0.849. The molecule has 1 atom stereocenters. The van der Waals surface area contributed by atoms with Crippen LogP contribution in [-0.4, -0.2) is 29.6 Å². The summed E-state index contributed by atoms with van der Waals surface area (Å²) in [6.45, 7) is 7.55. The molecule has 0 spiro atoms. The highest BCUT2D eigenvalue weighted by Crippen LogP contribution is 2.20. The van der Waals surface area contributed by atoms with Crippen LogP contribution in [0.1, 0.15) is 50.3 Å². The lowest BCUT2D eigenvalue weighted by atomic mass is 9.98. The monoisotopic (exact) mass is 261 g/mol. The van der Waals surface area contributed by atoms with Gasteiger partial charge in [-0.05, 0) is 49.4 Å². The van der Waals surface area contributed by atoms with Crippen molar-refractivity contribution < 1.29 is 5.11 Å².